The van der Waals surface area contributed by atoms with Gasteiger partial charge in [0.1, 0.15) is 20.0 Å². The van der Waals surface area contributed by atoms with Gasteiger partial charge in [-0.05, 0) is 0 Å². The zero-order valence-electron chi connectivity index (χ0n) is 8.06. The van der Waals surface area contributed by atoms with Crippen molar-refractivity contribution < 1.29 is 27.4 Å². The topological polar surface area (TPSA) is 35.5 Å². The van der Waals surface area contributed by atoms with Crippen molar-refractivity contribution in [2.75, 3.05) is 34.2 Å². The highest BCUT2D eigenvalue weighted by atomic mass is 19.1. The molecule has 0 rings (SSSR count). The normalized spacial score (nSPS) is 13.8. The summed E-state index contributed by atoms with van der Waals surface area (Å²) in [5.41, 5.74) is -2.08. The van der Waals surface area contributed by atoms with Crippen LogP contribution in [0.4, 0.5) is 13.2 Å². The third kappa shape index (κ3) is 2.37. The van der Waals surface area contributed by atoms with E-state index in [0.29, 0.717) is 0 Å². The molecule has 0 aromatic carbocycles. The molecular formula is C8H13F3O3. The number of carbonyl (C=O) groups excluding carboxylic acids is 1. The molecule has 0 aliphatic rings. The molecule has 84 valence electrons. The number of methoxy groups -OCH3 is 2. The number of rotatable bonds is 6. The molecule has 0 aliphatic carbocycles. The Morgan fingerprint density at radius 3 is 1.86 bits per heavy atom. The fraction of sp³-hybridized carbons (Fsp3) is 0.875. The molecular weight excluding hydrogens is 201 g/mol. The lowest BCUT2D eigenvalue weighted by atomic mass is 9.86. The molecule has 3 nitrogen and oxygen atoms in total. The van der Waals surface area contributed by atoms with Gasteiger partial charge in [0.05, 0.1) is 12.5 Å². The van der Waals surface area contributed by atoms with Crippen LogP contribution in [0.25, 0.3) is 0 Å². The standard InChI is InChI=1S/C8H13F3O3/c1-13-6(7(12)14-2)8(3-9,4-10)5-11/h6H,3-5H2,1-2H3. The van der Waals surface area contributed by atoms with Crippen molar-refractivity contribution in [1.29, 1.82) is 0 Å². The summed E-state index contributed by atoms with van der Waals surface area (Å²) in [4.78, 5) is 11.0. The minimum Gasteiger partial charge on any atom is -0.467 e. The van der Waals surface area contributed by atoms with E-state index in [4.69, 9.17) is 0 Å². The largest absolute Gasteiger partial charge is 0.467 e. The summed E-state index contributed by atoms with van der Waals surface area (Å²) in [5.74, 6) is -0.986. The first-order chi connectivity index (χ1) is 6.61. The van der Waals surface area contributed by atoms with Crippen molar-refractivity contribution in [3.05, 3.63) is 0 Å². The maximum Gasteiger partial charge on any atom is 0.335 e. The molecule has 1 unspecified atom stereocenters. The van der Waals surface area contributed by atoms with Crippen molar-refractivity contribution in [1.82, 2.24) is 0 Å². The first-order valence-electron chi connectivity index (χ1n) is 3.90. The molecule has 0 aromatic rings. The minimum atomic E-state index is -2.08. The van der Waals surface area contributed by atoms with E-state index < -0.39 is 37.5 Å². The fourth-order valence-corrected chi connectivity index (χ4v) is 1.02. The predicted octanol–water partition coefficient (Wildman–Crippen LogP) is 1.07. The Labute approximate surface area is 80.2 Å². The summed E-state index contributed by atoms with van der Waals surface area (Å²) in [6.45, 7) is -3.98. The van der Waals surface area contributed by atoms with Crippen LogP contribution in [-0.2, 0) is 14.3 Å². The average molecular weight is 214 g/mol. The van der Waals surface area contributed by atoms with E-state index >= 15 is 0 Å². The number of ether oxygens (including phenoxy) is 2. The number of hydrogen-bond donors (Lipinski definition) is 0. The van der Waals surface area contributed by atoms with Gasteiger partial charge < -0.3 is 9.47 Å². The van der Waals surface area contributed by atoms with Crippen molar-refractivity contribution in [2.24, 2.45) is 5.41 Å². The molecule has 0 aromatic heterocycles. The number of alkyl halides is 3. The van der Waals surface area contributed by atoms with Gasteiger partial charge in [-0.15, -0.1) is 0 Å². The van der Waals surface area contributed by atoms with Gasteiger partial charge in [0, 0.05) is 7.11 Å². The van der Waals surface area contributed by atoms with Crippen LogP contribution in [0.1, 0.15) is 0 Å². The van der Waals surface area contributed by atoms with E-state index in [1.807, 2.05) is 0 Å². The first kappa shape index (κ1) is 13.2. The zero-order chi connectivity index (χ0) is 11.2. The second-order valence-electron chi connectivity index (χ2n) is 2.90. The van der Waals surface area contributed by atoms with E-state index in [1.165, 1.54) is 0 Å². The van der Waals surface area contributed by atoms with E-state index in [2.05, 4.69) is 9.47 Å². The zero-order valence-corrected chi connectivity index (χ0v) is 8.06. The average Bonchev–Trinajstić information content (AvgIpc) is 2.25. The van der Waals surface area contributed by atoms with Crippen molar-refractivity contribution in [3.63, 3.8) is 0 Å². The SMILES string of the molecule is COC(=O)C(OC)C(CF)(CF)CF. The van der Waals surface area contributed by atoms with Crippen molar-refractivity contribution in [2.45, 2.75) is 6.10 Å². The molecule has 0 amide bonds. The molecule has 1 atom stereocenters. The van der Waals surface area contributed by atoms with E-state index in [-0.39, 0.29) is 0 Å². The van der Waals surface area contributed by atoms with Gasteiger partial charge in [0.15, 0.2) is 6.10 Å². The van der Waals surface area contributed by atoms with E-state index in [9.17, 15) is 18.0 Å². The Morgan fingerprint density at radius 1 is 1.21 bits per heavy atom. The Bertz CT molecular complexity index is 174. The number of halogens is 3. The third-order valence-corrected chi connectivity index (χ3v) is 2.01. The summed E-state index contributed by atoms with van der Waals surface area (Å²) in [6.07, 6.45) is -1.56. The molecule has 14 heavy (non-hydrogen) atoms. The lowest BCUT2D eigenvalue weighted by Gasteiger charge is -2.30. The number of carbonyl (C=O) groups is 1. The van der Waals surface area contributed by atoms with Crippen LogP contribution in [-0.4, -0.2) is 46.3 Å². The Hall–Kier alpha value is -0.780. The van der Waals surface area contributed by atoms with Crippen LogP contribution >= 0.6 is 0 Å². The lowest BCUT2D eigenvalue weighted by molar-refractivity contribution is -0.165. The molecule has 6 heteroatoms. The van der Waals surface area contributed by atoms with Gasteiger partial charge in [-0.2, -0.15) is 0 Å². The lowest BCUT2D eigenvalue weighted by Crippen LogP contribution is -2.48. The summed E-state index contributed by atoms with van der Waals surface area (Å²) in [5, 5.41) is 0. The van der Waals surface area contributed by atoms with Crippen LogP contribution in [0.2, 0.25) is 0 Å². The van der Waals surface area contributed by atoms with Crippen molar-refractivity contribution >= 4 is 5.97 Å². The van der Waals surface area contributed by atoms with Gasteiger partial charge in [0.25, 0.3) is 0 Å². The summed E-state index contributed by atoms with van der Waals surface area (Å²) < 4.78 is 46.2. The second kappa shape index (κ2) is 5.85. The molecule has 0 aliphatic heterocycles. The van der Waals surface area contributed by atoms with Gasteiger partial charge in [0.2, 0.25) is 0 Å². The summed E-state index contributed by atoms with van der Waals surface area (Å²) in [6, 6.07) is 0. The maximum atomic E-state index is 12.5. The van der Waals surface area contributed by atoms with Crippen LogP contribution in [0, 0.1) is 5.41 Å². The molecule has 0 spiro atoms. The van der Waals surface area contributed by atoms with E-state index in [1.54, 1.807) is 0 Å². The molecule has 0 radical (unpaired) electrons. The molecule has 0 fully saturated rings. The monoisotopic (exact) mass is 214 g/mol. The Morgan fingerprint density at radius 2 is 1.64 bits per heavy atom. The smallest absolute Gasteiger partial charge is 0.335 e. The Balaban J connectivity index is 4.83. The quantitative estimate of drug-likeness (QED) is 0.620. The van der Waals surface area contributed by atoms with E-state index in [0.717, 1.165) is 14.2 Å². The van der Waals surface area contributed by atoms with Gasteiger partial charge in [-0.1, -0.05) is 0 Å². The fourth-order valence-electron chi connectivity index (χ4n) is 1.02. The van der Waals surface area contributed by atoms with Gasteiger partial charge in [-0.25, -0.2) is 4.79 Å². The highest BCUT2D eigenvalue weighted by Crippen LogP contribution is 2.27. The second-order valence-corrected chi connectivity index (χ2v) is 2.90. The number of esters is 1. The molecule has 0 heterocycles. The highest BCUT2D eigenvalue weighted by Gasteiger charge is 2.45. The van der Waals surface area contributed by atoms with Gasteiger partial charge >= 0.3 is 5.97 Å². The van der Waals surface area contributed by atoms with Crippen LogP contribution < -0.4 is 0 Å². The Kier molecular flexibility index (Phi) is 5.52. The molecule has 0 saturated heterocycles. The summed E-state index contributed by atoms with van der Waals surface area (Å²) in [7, 11) is 2.10. The molecule has 0 bridgehead atoms. The number of hydrogen-bond acceptors (Lipinski definition) is 3. The molecule has 0 N–H and O–H groups in total. The van der Waals surface area contributed by atoms with Crippen LogP contribution in [0.3, 0.4) is 0 Å². The summed E-state index contributed by atoms with van der Waals surface area (Å²) >= 11 is 0. The minimum absolute atomic E-state index is 0.986. The van der Waals surface area contributed by atoms with Crippen LogP contribution in [0.5, 0.6) is 0 Å². The van der Waals surface area contributed by atoms with Crippen molar-refractivity contribution in [3.8, 4) is 0 Å². The maximum absolute atomic E-state index is 12.5. The first-order valence-corrected chi connectivity index (χ1v) is 3.90. The third-order valence-electron chi connectivity index (χ3n) is 2.01. The molecule has 0 saturated carbocycles. The van der Waals surface area contributed by atoms with Gasteiger partial charge in [-0.3, -0.25) is 13.2 Å². The van der Waals surface area contributed by atoms with Crippen LogP contribution in [0.15, 0.2) is 0 Å². The predicted molar refractivity (Wildman–Crippen MR) is 43.2 cm³/mol. The highest BCUT2D eigenvalue weighted by molar-refractivity contribution is 5.75.